The van der Waals surface area contributed by atoms with E-state index in [1.54, 1.807) is 22.0 Å². The molecule has 3 fully saturated rings. The summed E-state index contributed by atoms with van der Waals surface area (Å²) in [6.07, 6.45) is 6.33. The first-order valence-corrected chi connectivity index (χ1v) is 18.4. The number of unbranched alkanes of at least 4 members (excludes halogenated alkanes) is 3. The Hall–Kier alpha value is -3.06. The Morgan fingerprint density at radius 2 is 1.94 bits per heavy atom. The van der Waals surface area contributed by atoms with E-state index in [0.717, 1.165) is 12.8 Å². The predicted octanol–water partition coefficient (Wildman–Crippen LogP) is 4.09. The highest BCUT2D eigenvalue weighted by Crippen LogP contribution is 2.60. The number of benzene rings is 1. The molecular formula is C37H52BrN3O8. The van der Waals surface area contributed by atoms with Crippen LogP contribution in [0, 0.1) is 11.8 Å². The second-order valence-electron chi connectivity index (χ2n) is 13.1. The summed E-state index contributed by atoms with van der Waals surface area (Å²) in [5.41, 5.74) is -0.574. The molecule has 12 heteroatoms. The average Bonchev–Trinajstić information content (AvgIpc) is 3.69. The number of aliphatic hydroxyl groups excluding tert-OH is 1. The van der Waals surface area contributed by atoms with Gasteiger partial charge >= 0.3 is 5.97 Å². The van der Waals surface area contributed by atoms with Crippen molar-refractivity contribution in [2.75, 3.05) is 40.0 Å². The maximum atomic E-state index is 14.5. The molecule has 0 aromatic heterocycles. The quantitative estimate of drug-likeness (QED) is 0.0832. The first-order chi connectivity index (χ1) is 23.7. The van der Waals surface area contributed by atoms with Crippen molar-refractivity contribution < 1.29 is 38.5 Å². The zero-order chi connectivity index (χ0) is 35.6. The van der Waals surface area contributed by atoms with E-state index in [1.807, 2.05) is 30.3 Å². The topological polar surface area (TPSA) is 135 Å². The van der Waals surface area contributed by atoms with Gasteiger partial charge in [0.05, 0.1) is 30.6 Å². The number of allylic oxidation sites excluding steroid dienone is 1. The third-order valence-electron chi connectivity index (χ3n) is 9.80. The van der Waals surface area contributed by atoms with Crippen LogP contribution in [0.2, 0.25) is 0 Å². The van der Waals surface area contributed by atoms with Crippen LogP contribution in [-0.4, -0.2) is 107 Å². The number of fused-ring (bicyclic) bond motifs is 1. The molecule has 0 aliphatic carbocycles. The minimum Gasteiger partial charge on any atom is -0.455 e. The lowest BCUT2D eigenvalue weighted by molar-refractivity contribution is -0.163. The molecule has 3 aliphatic heterocycles. The summed E-state index contributed by atoms with van der Waals surface area (Å²) in [5, 5.41) is 12.3. The van der Waals surface area contributed by atoms with E-state index < -0.39 is 47.7 Å². The van der Waals surface area contributed by atoms with Gasteiger partial charge in [0.2, 0.25) is 17.7 Å². The van der Waals surface area contributed by atoms with E-state index in [1.165, 1.54) is 7.11 Å². The van der Waals surface area contributed by atoms with Gasteiger partial charge in [0, 0.05) is 44.6 Å². The Labute approximate surface area is 298 Å². The van der Waals surface area contributed by atoms with Crippen LogP contribution in [0.1, 0.15) is 70.0 Å². The molecular weight excluding hydrogens is 694 g/mol. The highest BCUT2D eigenvalue weighted by molar-refractivity contribution is 9.09. The fourth-order valence-electron chi connectivity index (χ4n) is 7.58. The first kappa shape index (κ1) is 38.7. The molecule has 2 N–H and O–H groups in total. The van der Waals surface area contributed by atoms with Gasteiger partial charge in [0.25, 0.3) is 0 Å². The second-order valence-corrected chi connectivity index (χ2v) is 14.3. The molecule has 0 saturated carbocycles. The molecule has 3 aliphatic rings. The predicted molar refractivity (Wildman–Crippen MR) is 189 cm³/mol. The van der Waals surface area contributed by atoms with Crippen LogP contribution >= 0.6 is 15.9 Å². The lowest BCUT2D eigenvalue weighted by atomic mass is 9.70. The number of hydrogen-bond acceptors (Lipinski definition) is 8. The van der Waals surface area contributed by atoms with Crippen molar-refractivity contribution in [3.63, 3.8) is 0 Å². The molecule has 1 aromatic carbocycles. The minimum absolute atomic E-state index is 0.0400. The van der Waals surface area contributed by atoms with Crippen LogP contribution in [0.3, 0.4) is 0 Å². The number of esters is 1. The maximum absolute atomic E-state index is 14.5. The monoisotopic (exact) mass is 745 g/mol. The van der Waals surface area contributed by atoms with E-state index in [9.17, 15) is 24.3 Å². The number of carbonyl (C=O) groups is 4. The number of hydrogen-bond donors (Lipinski definition) is 2. The maximum Gasteiger partial charge on any atom is 0.313 e. The van der Waals surface area contributed by atoms with E-state index in [4.69, 9.17) is 14.2 Å². The Morgan fingerprint density at radius 1 is 1.18 bits per heavy atom. The normalized spacial score (nSPS) is 26.6. The van der Waals surface area contributed by atoms with Gasteiger partial charge in [-0.3, -0.25) is 19.2 Å². The molecule has 49 heavy (non-hydrogen) atoms. The van der Waals surface area contributed by atoms with Gasteiger partial charge in [-0.05, 0) is 44.1 Å². The smallest absolute Gasteiger partial charge is 0.313 e. The summed E-state index contributed by atoms with van der Waals surface area (Å²) in [7, 11) is 1.51. The molecule has 270 valence electrons. The Kier molecular flexibility index (Phi) is 14.4. The van der Waals surface area contributed by atoms with Gasteiger partial charge < -0.3 is 34.4 Å². The number of methoxy groups -OCH3 is 1. The summed E-state index contributed by atoms with van der Waals surface area (Å²) in [5.74, 6) is -3.31. The van der Waals surface area contributed by atoms with Crippen molar-refractivity contribution in [2.24, 2.45) is 11.8 Å². The van der Waals surface area contributed by atoms with E-state index >= 15 is 0 Å². The van der Waals surface area contributed by atoms with Crippen LogP contribution in [0.15, 0.2) is 55.6 Å². The number of nitrogens with one attached hydrogen (secondary N) is 1. The van der Waals surface area contributed by atoms with Gasteiger partial charge in [-0.25, -0.2) is 0 Å². The van der Waals surface area contributed by atoms with Crippen LogP contribution in [0.4, 0.5) is 0 Å². The molecule has 4 rings (SSSR count). The summed E-state index contributed by atoms with van der Waals surface area (Å²) in [4.78, 5) is 59.3. The Morgan fingerprint density at radius 3 is 2.59 bits per heavy atom. The van der Waals surface area contributed by atoms with Crippen LogP contribution in [0.25, 0.3) is 0 Å². The van der Waals surface area contributed by atoms with Gasteiger partial charge in [-0.2, -0.15) is 0 Å². The molecule has 0 radical (unpaired) electrons. The van der Waals surface area contributed by atoms with E-state index in [-0.39, 0.29) is 42.2 Å². The summed E-state index contributed by atoms with van der Waals surface area (Å²) >= 11 is 3.74. The standard InChI is InChI=1S/C37H52BrN3O8/c1-5-8-18-28(43)39-27(24-47-4)31(25-16-12-10-13-17-25)48-36(46)29-30-34(44)41(21-14-11-15-22-42)33(37(30)23-26(38)32(29)49-37)35(45)40(19-7-3)20-9-6-2/h5,7,10,12-13,16-17,26-27,29-33,42H,1,3,6,8-9,11,14-15,18-24H2,2,4H3,(H,39,43)/t26?,27-,29-,30+,31-,32-,33-,37+/m1/s1. The molecule has 1 spiro atoms. The summed E-state index contributed by atoms with van der Waals surface area (Å²) < 4.78 is 18.5. The molecule has 3 heterocycles. The average molecular weight is 747 g/mol. The zero-order valence-electron chi connectivity index (χ0n) is 28.8. The van der Waals surface area contributed by atoms with E-state index in [0.29, 0.717) is 57.3 Å². The molecule has 1 unspecified atom stereocenters. The van der Waals surface area contributed by atoms with E-state index in [2.05, 4.69) is 41.3 Å². The summed E-state index contributed by atoms with van der Waals surface area (Å²) in [6, 6.07) is 7.48. The molecule has 2 bridgehead atoms. The summed E-state index contributed by atoms with van der Waals surface area (Å²) in [6.45, 7) is 10.8. The Balaban J connectivity index is 1.70. The third kappa shape index (κ3) is 8.46. The van der Waals surface area contributed by atoms with Crippen LogP contribution in [0.5, 0.6) is 0 Å². The SMILES string of the molecule is C=CCCC(=O)N[C@H](COC)[C@H](OC(=O)[C@H]1[C@@H]2O[C@@]3(CC2Br)[C@@H]1C(=O)N(CCCCCO)[C@@H]3C(=O)N(CC=C)CCCC)c1ccccc1. The van der Waals surface area contributed by atoms with Crippen molar-refractivity contribution in [3.8, 4) is 0 Å². The fraction of sp³-hybridized carbons (Fsp3) is 0.622. The van der Waals surface area contributed by atoms with Crippen LogP contribution in [-0.2, 0) is 33.4 Å². The number of aliphatic hydroxyl groups is 1. The van der Waals surface area contributed by atoms with Crippen molar-refractivity contribution in [2.45, 2.75) is 93.0 Å². The van der Waals surface area contributed by atoms with Gasteiger partial charge in [-0.1, -0.05) is 71.8 Å². The number of rotatable bonds is 21. The number of ether oxygens (including phenoxy) is 3. The number of amides is 3. The van der Waals surface area contributed by atoms with Crippen molar-refractivity contribution in [3.05, 3.63) is 61.2 Å². The molecule has 8 atom stereocenters. The highest BCUT2D eigenvalue weighted by Gasteiger charge is 2.77. The molecule has 3 amide bonds. The van der Waals surface area contributed by atoms with Gasteiger partial charge in [-0.15, -0.1) is 13.2 Å². The number of alkyl halides is 1. The van der Waals surface area contributed by atoms with Gasteiger partial charge in [0.1, 0.15) is 17.7 Å². The largest absolute Gasteiger partial charge is 0.455 e. The third-order valence-corrected chi connectivity index (χ3v) is 10.6. The second kappa shape index (κ2) is 18.3. The van der Waals surface area contributed by atoms with Crippen molar-refractivity contribution in [1.82, 2.24) is 15.1 Å². The zero-order valence-corrected chi connectivity index (χ0v) is 30.4. The van der Waals surface area contributed by atoms with Gasteiger partial charge in [0.15, 0.2) is 0 Å². The number of likely N-dealkylation sites (tertiary alicyclic amines) is 1. The highest BCUT2D eigenvalue weighted by atomic mass is 79.9. The van der Waals surface area contributed by atoms with Crippen molar-refractivity contribution in [1.29, 1.82) is 0 Å². The van der Waals surface area contributed by atoms with Crippen LogP contribution < -0.4 is 5.32 Å². The number of nitrogens with zero attached hydrogens (tertiary/aromatic N) is 2. The molecule has 3 saturated heterocycles. The van der Waals surface area contributed by atoms with Crippen molar-refractivity contribution >= 4 is 39.6 Å². The molecule has 11 nitrogen and oxygen atoms in total. The lowest BCUT2D eigenvalue weighted by Gasteiger charge is -2.37. The number of carbonyl (C=O) groups excluding carboxylic acids is 4. The number of halogens is 1. The first-order valence-electron chi connectivity index (χ1n) is 17.5. The molecule has 1 aromatic rings. The fourth-order valence-corrected chi connectivity index (χ4v) is 8.53. The minimum atomic E-state index is -1.23. The lowest BCUT2D eigenvalue weighted by Crippen LogP contribution is -2.57. The Bertz CT molecular complexity index is 1310.